The summed E-state index contributed by atoms with van der Waals surface area (Å²) in [6.07, 6.45) is 3.18. The SMILES string of the molecule is CNC(c1ccncn1)c1cc(F)ccc1C. The third kappa shape index (κ3) is 2.47. The predicted molar refractivity (Wildman–Crippen MR) is 64.1 cm³/mol. The molecule has 1 atom stereocenters. The Morgan fingerprint density at radius 1 is 1.29 bits per heavy atom. The van der Waals surface area contributed by atoms with Crippen molar-refractivity contribution in [2.45, 2.75) is 13.0 Å². The molecule has 0 aliphatic rings. The molecule has 17 heavy (non-hydrogen) atoms. The highest BCUT2D eigenvalue weighted by molar-refractivity contribution is 5.34. The number of hydrogen-bond acceptors (Lipinski definition) is 3. The molecule has 0 radical (unpaired) electrons. The monoisotopic (exact) mass is 231 g/mol. The number of nitrogens with zero attached hydrogens (tertiary/aromatic N) is 2. The molecule has 1 heterocycles. The molecule has 0 saturated heterocycles. The van der Waals surface area contributed by atoms with E-state index in [-0.39, 0.29) is 11.9 Å². The van der Waals surface area contributed by atoms with Gasteiger partial charge in [-0.2, -0.15) is 0 Å². The molecule has 2 rings (SSSR count). The maximum absolute atomic E-state index is 13.3. The van der Waals surface area contributed by atoms with Crippen molar-refractivity contribution >= 4 is 0 Å². The van der Waals surface area contributed by atoms with Crippen molar-refractivity contribution in [3.63, 3.8) is 0 Å². The zero-order valence-corrected chi connectivity index (χ0v) is 9.81. The Bertz CT molecular complexity index is 499. The van der Waals surface area contributed by atoms with E-state index in [4.69, 9.17) is 0 Å². The summed E-state index contributed by atoms with van der Waals surface area (Å²) in [5, 5.41) is 3.15. The molecule has 4 heteroatoms. The van der Waals surface area contributed by atoms with Gasteiger partial charge < -0.3 is 5.32 Å². The zero-order chi connectivity index (χ0) is 12.3. The highest BCUT2D eigenvalue weighted by atomic mass is 19.1. The van der Waals surface area contributed by atoms with Gasteiger partial charge in [-0.25, -0.2) is 14.4 Å². The second-order valence-electron chi connectivity index (χ2n) is 3.86. The van der Waals surface area contributed by atoms with Gasteiger partial charge in [0, 0.05) is 6.20 Å². The number of aromatic nitrogens is 2. The van der Waals surface area contributed by atoms with Gasteiger partial charge >= 0.3 is 0 Å². The molecule has 88 valence electrons. The Kier molecular flexibility index (Phi) is 3.44. The van der Waals surface area contributed by atoms with Gasteiger partial charge in [0.2, 0.25) is 0 Å². The minimum Gasteiger partial charge on any atom is -0.308 e. The van der Waals surface area contributed by atoms with Crippen molar-refractivity contribution in [1.82, 2.24) is 15.3 Å². The van der Waals surface area contributed by atoms with E-state index < -0.39 is 0 Å². The normalized spacial score (nSPS) is 12.4. The van der Waals surface area contributed by atoms with E-state index in [2.05, 4.69) is 15.3 Å². The van der Waals surface area contributed by atoms with E-state index in [9.17, 15) is 4.39 Å². The molecule has 3 nitrogen and oxygen atoms in total. The molecule has 1 aromatic carbocycles. The fourth-order valence-corrected chi connectivity index (χ4v) is 1.86. The summed E-state index contributed by atoms with van der Waals surface area (Å²) in [4.78, 5) is 8.08. The Morgan fingerprint density at radius 2 is 2.12 bits per heavy atom. The molecular weight excluding hydrogens is 217 g/mol. The molecule has 0 aliphatic carbocycles. The Labute approximate surface area is 99.7 Å². The molecule has 1 unspecified atom stereocenters. The molecule has 2 aromatic rings. The lowest BCUT2D eigenvalue weighted by atomic mass is 9.98. The van der Waals surface area contributed by atoms with Gasteiger partial charge in [0.25, 0.3) is 0 Å². The van der Waals surface area contributed by atoms with Crippen LogP contribution in [-0.4, -0.2) is 17.0 Å². The van der Waals surface area contributed by atoms with Crippen molar-refractivity contribution in [3.05, 3.63) is 59.4 Å². The van der Waals surface area contributed by atoms with Crippen molar-refractivity contribution in [1.29, 1.82) is 0 Å². The Balaban J connectivity index is 2.46. The van der Waals surface area contributed by atoms with Crippen LogP contribution >= 0.6 is 0 Å². The van der Waals surface area contributed by atoms with E-state index in [1.165, 1.54) is 12.4 Å². The molecule has 0 spiro atoms. The van der Waals surface area contributed by atoms with Gasteiger partial charge in [0.05, 0.1) is 11.7 Å². The van der Waals surface area contributed by atoms with E-state index in [1.807, 2.05) is 20.0 Å². The van der Waals surface area contributed by atoms with Crippen LogP contribution in [0.25, 0.3) is 0 Å². The third-order valence-electron chi connectivity index (χ3n) is 2.74. The van der Waals surface area contributed by atoms with Crippen LogP contribution in [0.3, 0.4) is 0 Å². The van der Waals surface area contributed by atoms with Crippen LogP contribution < -0.4 is 5.32 Å². The van der Waals surface area contributed by atoms with Gasteiger partial charge in [-0.05, 0) is 43.3 Å². The summed E-state index contributed by atoms with van der Waals surface area (Å²) in [6.45, 7) is 1.96. The van der Waals surface area contributed by atoms with Crippen LogP contribution in [0.1, 0.15) is 22.9 Å². The number of halogens is 1. The second kappa shape index (κ2) is 5.01. The first-order valence-electron chi connectivity index (χ1n) is 5.41. The minimum atomic E-state index is -0.236. The lowest BCUT2D eigenvalue weighted by molar-refractivity contribution is 0.611. The first kappa shape index (κ1) is 11.7. The summed E-state index contributed by atoms with van der Waals surface area (Å²) < 4.78 is 13.3. The van der Waals surface area contributed by atoms with Crippen molar-refractivity contribution in [2.75, 3.05) is 7.05 Å². The average Bonchev–Trinajstić information content (AvgIpc) is 2.36. The lowest BCUT2D eigenvalue weighted by Crippen LogP contribution is -2.20. The third-order valence-corrected chi connectivity index (χ3v) is 2.74. The van der Waals surface area contributed by atoms with Crippen molar-refractivity contribution in [3.8, 4) is 0 Å². The van der Waals surface area contributed by atoms with Gasteiger partial charge in [-0.3, -0.25) is 0 Å². The number of nitrogens with one attached hydrogen (secondary N) is 1. The maximum Gasteiger partial charge on any atom is 0.123 e. The van der Waals surface area contributed by atoms with E-state index >= 15 is 0 Å². The topological polar surface area (TPSA) is 37.8 Å². The molecule has 0 bridgehead atoms. The van der Waals surface area contributed by atoms with Crippen LogP contribution in [0.4, 0.5) is 4.39 Å². The van der Waals surface area contributed by atoms with E-state index in [0.29, 0.717) is 0 Å². The number of hydrogen-bond donors (Lipinski definition) is 1. The maximum atomic E-state index is 13.3. The van der Waals surface area contributed by atoms with Gasteiger partial charge in [0.1, 0.15) is 12.1 Å². The van der Waals surface area contributed by atoms with E-state index in [0.717, 1.165) is 16.8 Å². The first-order valence-corrected chi connectivity index (χ1v) is 5.41. The molecular formula is C13H14FN3. The van der Waals surface area contributed by atoms with Crippen molar-refractivity contribution in [2.24, 2.45) is 0 Å². The van der Waals surface area contributed by atoms with Crippen LogP contribution in [0, 0.1) is 12.7 Å². The summed E-state index contributed by atoms with van der Waals surface area (Å²) in [7, 11) is 1.83. The van der Waals surface area contributed by atoms with Crippen LogP contribution in [0.15, 0.2) is 36.8 Å². The summed E-state index contributed by atoms with van der Waals surface area (Å²) in [5.41, 5.74) is 2.76. The smallest absolute Gasteiger partial charge is 0.123 e. The summed E-state index contributed by atoms with van der Waals surface area (Å²) in [6, 6.07) is 6.49. The summed E-state index contributed by atoms with van der Waals surface area (Å²) in [5.74, 6) is -0.236. The summed E-state index contributed by atoms with van der Waals surface area (Å²) >= 11 is 0. The second-order valence-corrected chi connectivity index (χ2v) is 3.86. The molecule has 0 fully saturated rings. The van der Waals surface area contributed by atoms with Gasteiger partial charge in [0.15, 0.2) is 0 Å². The average molecular weight is 231 g/mol. The van der Waals surface area contributed by atoms with E-state index in [1.54, 1.807) is 18.3 Å². The molecule has 0 aliphatic heterocycles. The fourth-order valence-electron chi connectivity index (χ4n) is 1.86. The largest absolute Gasteiger partial charge is 0.308 e. The highest BCUT2D eigenvalue weighted by Gasteiger charge is 2.15. The predicted octanol–water partition coefficient (Wildman–Crippen LogP) is 2.23. The van der Waals surface area contributed by atoms with Gasteiger partial charge in [-0.1, -0.05) is 6.07 Å². The standard InChI is InChI=1S/C13H14FN3/c1-9-3-4-10(14)7-11(9)13(15-2)12-5-6-16-8-17-12/h3-8,13,15H,1-2H3. The number of rotatable bonds is 3. The Hall–Kier alpha value is -1.81. The Morgan fingerprint density at radius 3 is 2.76 bits per heavy atom. The van der Waals surface area contributed by atoms with Gasteiger partial charge in [-0.15, -0.1) is 0 Å². The highest BCUT2D eigenvalue weighted by Crippen LogP contribution is 2.23. The minimum absolute atomic E-state index is 0.117. The lowest BCUT2D eigenvalue weighted by Gasteiger charge is -2.18. The van der Waals surface area contributed by atoms with Crippen molar-refractivity contribution < 1.29 is 4.39 Å². The quantitative estimate of drug-likeness (QED) is 0.880. The number of aryl methyl sites for hydroxylation is 1. The molecule has 1 N–H and O–H groups in total. The van der Waals surface area contributed by atoms with Crippen LogP contribution in [0.2, 0.25) is 0 Å². The van der Waals surface area contributed by atoms with Crippen LogP contribution in [0.5, 0.6) is 0 Å². The zero-order valence-electron chi connectivity index (χ0n) is 9.81. The fraction of sp³-hybridized carbons (Fsp3) is 0.231. The first-order chi connectivity index (χ1) is 8.22. The number of benzene rings is 1. The molecule has 0 saturated carbocycles. The molecule has 1 aromatic heterocycles. The van der Waals surface area contributed by atoms with Crippen LogP contribution in [-0.2, 0) is 0 Å². The molecule has 0 amide bonds.